The zero-order valence-electron chi connectivity index (χ0n) is 15.5. The van der Waals surface area contributed by atoms with Crippen molar-refractivity contribution in [1.29, 1.82) is 0 Å². The molecule has 0 aromatic heterocycles. The van der Waals surface area contributed by atoms with Crippen molar-refractivity contribution in [3.8, 4) is 0 Å². The van der Waals surface area contributed by atoms with Crippen LogP contribution in [0.25, 0.3) is 0 Å². The molecule has 0 spiro atoms. The van der Waals surface area contributed by atoms with E-state index in [1.165, 1.54) is 0 Å². The number of benzene rings is 1. The number of likely N-dealkylation sites (tertiary alicyclic amines) is 1. The van der Waals surface area contributed by atoms with Gasteiger partial charge in [0, 0.05) is 25.2 Å². The highest BCUT2D eigenvalue weighted by Crippen LogP contribution is 2.23. The third-order valence-electron chi connectivity index (χ3n) is 4.95. The van der Waals surface area contributed by atoms with Crippen LogP contribution in [0.15, 0.2) is 30.3 Å². The largest absolute Gasteiger partial charge is 0.460 e. The molecule has 1 aliphatic heterocycles. The molecule has 2 rings (SSSR count). The zero-order chi connectivity index (χ0) is 17.5. The highest BCUT2D eigenvalue weighted by atomic mass is 16.5. The van der Waals surface area contributed by atoms with Gasteiger partial charge >= 0.3 is 5.97 Å². The van der Waals surface area contributed by atoms with Gasteiger partial charge in [-0.1, -0.05) is 57.5 Å². The van der Waals surface area contributed by atoms with Crippen LogP contribution in [0.5, 0.6) is 0 Å². The lowest BCUT2D eigenvalue weighted by Crippen LogP contribution is -2.54. The van der Waals surface area contributed by atoms with E-state index in [1.807, 2.05) is 37.3 Å². The fourth-order valence-electron chi connectivity index (χ4n) is 3.47. The van der Waals surface area contributed by atoms with Crippen molar-refractivity contribution in [2.75, 3.05) is 13.1 Å². The summed E-state index contributed by atoms with van der Waals surface area (Å²) in [6.45, 7) is 10.9. The summed E-state index contributed by atoms with van der Waals surface area (Å²) >= 11 is 0. The van der Waals surface area contributed by atoms with Gasteiger partial charge < -0.3 is 10.1 Å². The summed E-state index contributed by atoms with van der Waals surface area (Å²) in [5.41, 5.74) is 1.03. The van der Waals surface area contributed by atoms with Crippen LogP contribution >= 0.6 is 0 Å². The first kappa shape index (κ1) is 18.9. The van der Waals surface area contributed by atoms with Crippen LogP contribution in [0.3, 0.4) is 0 Å². The maximum Gasteiger partial charge on any atom is 0.323 e. The molecule has 1 aromatic carbocycles. The molecule has 1 aliphatic rings. The minimum atomic E-state index is -0.178. The van der Waals surface area contributed by atoms with Gasteiger partial charge in [0.05, 0.1) is 0 Å². The summed E-state index contributed by atoms with van der Waals surface area (Å²) in [5.74, 6) is 0.467. The summed E-state index contributed by atoms with van der Waals surface area (Å²) < 4.78 is 5.51. The highest BCUT2D eigenvalue weighted by molar-refractivity contribution is 5.75. The Morgan fingerprint density at radius 1 is 1.29 bits per heavy atom. The number of hydrogen-bond donors (Lipinski definition) is 1. The second-order valence-corrected chi connectivity index (χ2v) is 7.15. The number of carbonyl (C=O) groups is 1. The zero-order valence-corrected chi connectivity index (χ0v) is 15.5. The molecular formula is C20H32N2O2. The monoisotopic (exact) mass is 332 g/mol. The minimum Gasteiger partial charge on any atom is -0.460 e. The quantitative estimate of drug-likeness (QED) is 0.779. The standard InChI is InChI=1S/C20H32N2O2/c1-5-18-13-22(12-11-19(18)21-15(2)3)16(4)20(23)24-14-17-9-7-6-8-10-17/h6-10,15-16,18-19,21H,5,11-14H2,1-4H3/t16?,18-,19?/m1/s1. The first-order chi connectivity index (χ1) is 11.5. The van der Waals surface area contributed by atoms with Crippen molar-refractivity contribution in [3.05, 3.63) is 35.9 Å². The van der Waals surface area contributed by atoms with Gasteiger partial charge in [0.1, 0.15) is 12.6 Å². The van der Waals surface area contributed by atoms with Crippen LogP contribution in [0, 0.1) is 5.92 Å². The molecule has 0 amide bonds. The van der Waals surface area contributed by atoms with Crippen LogP contribution in [-0.4, -0.2) is 42.1 Å². The van der Waals surface area contributed by atoms with Gasteiger partial charge in [0.25, 0.3) is 0 Å². The molecule has 0 aliphatic carbocycles. The fourth-order valence-corrected chi connectivity index (χ4v) is 3.47. The smallest absolute Gasteiger partial charge is 0.323 e. The molecule has 1 saturated heterocycles. The Bertz CT molecular complexity index is 504. The van der Waals surface area contributed by atoms with E-state index >= 15 is 0 Å². The normalized spacial score (nSPS) is 23.2. The molecule has 1 aromatic rings. The molecule has 1 heterocycles. The van der Waals surface area contributed by atoms with Gasteiger partial charge in [-0.15, -0.1) is 0 Å². The van der Waals surface area contributed by atoms with E-state index in [4.69, 9.17) is 4.74 Å². The van der Waals surface area contributed by atoms with E-state index in [2.05, 4.69) is 31.0 Å². The third-order valence-corrected chi connectivity index (χ3v) is 4.95. The molecule has 2 unspecified atom stereocenters. The molecule has 0 bridgehead atoms. The molecule has 4 nitrogen and oxygen atoms in total. The Morgan fingerprint density at radius 3 is 2.62 bits per heavy atom. The van der Waals surface area contributed by atoms with E-state index in [0.717, 1.165) is 31.5 Å². The van der Waals surface area contributed by atoms with Gasteiger partial charge in [0.15, 0.2) is 0 Å². The summed E-state index contributed by atoms with van der Waals surface area (Å²) in [7, 11) is 0. The lowest BCUT2D eigenvalue weighted by Gasteiger charge is -2.41. The molecule has 1 N–H and O–H groups in total. The van der Waals surface area contributed by atoms with Gasteiger partial charge in [-0.2, -0.15) is 0 Å². The van der Waals surface area contributed by atoms with E-state index in [9.17, 15) is 4.79 Å². The van der Waals surface area contributed by atoms with Gasteiger partial charge in [-0.3, -0.25) is 9.69 Å². The Kier molecular flexibility index (Phi) is 7.25. The van der Waals surface area contributed by atoms with Crippen LogP contribution in [0.4, 0.5) is 0 Å². The van der Waals surface area contributed by atoms with Crippen LogP contribution in [0.2, 0.25) is 0 Å². The number of esters is 1. The van der Waals surface area contributed by atoms with Crippen molar-refractivity contribution in [1.82, 2.24) is 10.2 Å². The van der Waals surface area contributed by atoms with E-state index in [-0.39, 0.29) is 12.0 Å². The second-order valence-electron chi connectivity index (χ2n) is 7.15. The highest BCUT2D eigenvalue weighted by Gasteiger charge is 2.33. The summed E-state index contributed by atoms with van der Waals surface area (Å²) in [4.78, 5) is 14.7. The van der Waals surface area contributed by atoms with Gasteiger partial charge in [0.2, 0.25) is 0 Å². The molecule has 1 fully saturated rings. The lowest BCUT2D eigenvalue weighted by molar-refractivity contribution is -0.151. The molecule has 0 saturated carbocycles. The maximum absolute atomic E-state index is 12.4. The van der Waals surface area contributed by atoms with Crippen molar-refractivity contribution >= 4 is 5.97 Å². The fraction of sp³-hybridized carbons (Fsp3) is 0.650. The van der Waals surface area contributed by atoms with Crippen LogP contribution in [0.1, 0.15) is 46.1 Å². The third kappa shape index (κ3) is 5.32. The SMILES string of the molecule is CC[C@@H]1CN(C(C)C(=O)OCc2ccccc2)CCC1NC(C)C. The number of carbonyl (C=O) groups excluding carboxylic acids is 1. The summed E-state index contributed by atoms with van der Waals surface area (Å²) in [5, 5.41) is 3.68. The van der Waals surface area contributed by atoms with Crippen molar-refractivity contribution in [2.45, 2.75) is 65.3 Å². The molecule has 24 heavy (non-hydrogen) atoms. The van der Waals surface area contributed by atoms with Crippen molar-refractivity contribution in [3.63, 3.8) is 0 Å². The van der Waals surface area contributed by atoms with Gasteiger partial charge in [-0.05, 0) is 24.8 Å². The predicted molar refractivity (Wildman–Crippen MR) is 97.7 cm³/mol. The molecule has 134 valence electrons. The van der Waals surface area contributed by atoms with E-state index in [0.29, 0.717) is 24.6 Å². The Balaban J connectivity index is 1.85. The number of ether oxygens (including phenoxy) is 1. The number of piperidine rings is 1. The number of hydrogen-bond acceptors (Lipinski definition) is 4. The topological polar surface area (TPSA) is 41.6 Å². The summed E-state index contributed by atoms with van der Waals surface area (Å²) in [6.07, 6.45) is 2.22. The van der Waals surface area contributed by atoms with E-state index in [1.54, 1.807) is 0 Å². The molecular weight excluding hydrogens is 300 g/mol. The Morgan fingerprint density at radius 2 is 2.00 bits per heavy atom. The van der Waals surface area contributed by atoms with Gasteiger partial charge in [-0.25, -0.2) is 0 Å². The number of nitrogens with zero attached hydrogens (tertiary/aromatic N) is 1. The van der Waals surface area contributed by atoms with Crippen LogP contribution in [-0.2, 0) is 16.1 Å². The molecule has 0 radical (unpaired) electrons. The van der Waals surface area contributed by atoms with Crippen molar-refractivity contribution < 1.29 is 9.53 Å². The molecule has 4 heteroatoms. The van der Waals surface area contributed by atoms with Crippen molar-refractivity contribution in [2.24, 2.45) is 5.92 Å². The average molecular weight is 332 g/mol. The Labute approximate surface area is 146 Å². The average Bonchev–Trinajstić information content (AvgIpc) is 2.59. The van der Waals surface area contributed by atoms with Crippen LogP contribution < -0.4 is 5.32 Å². The summed E-state index contributed by atoms with van der Waals surface area (Å²) in [6, 6.07) is 10.7. The minimum absolute atomic E-state index is 0.121. The number of nitrogens with one attached hydrogen (secondary N) is 1. The maximum atomic E-state index is 12.4. The first-order valence-corrected chi connectivity index (χ1v) is 9.22. The predicted octanol–water partition coefficient (Wildman–Crippen LogP) is 3.22. The van der Waals surface area contributed by atoms with E-state index < -0.39 is 0 Å². The number of rotatable bonds is 7. The molecule has 3 atom stereocenters. The Hall–Kier alpha value is -1.39. The second kappa shape index (κ2) is 9.19. The lowest BCUT2D eigenvalue weighted by atomic mass is 9.88. The first-order valence-electron chi connectivity index (χ1n) is 9.22.